The number of hydrogen-bond acceptors (Lipinski definition) is 6. The van der Waals surface area contributed by atoms with Gasteiger partial charge in [-0.1, -0.05) is 19.1 Å². The molecule has 31 heavy (non-hydrogen) atoms. The average molecular weight is 431 g/mol. The highest BCUT2D eigenvalue weighted by molar-refractivity contribution is 5.73. The van der Waals surface area contributed by atoms with Crippen LogP contribution < -0.4 is 24.7 Å². The summed E-state index contributed by atoms with van der Waals surface area (Å²) in [4.78, 5) is 13.8. The predicted octanol–water partition coefficient (Wildman–Crippen LogP) is 3.59. The minimum Gasteiger partial charge on any atom is -0.493 e. The molecule has 0 unspecified atom stereocenters. The molecule has 2 rings (SSSR count). The van der Waals surface area contributed by atoms with Gasteiger partial charge in [0.1, 0.15) is 0 Å². The van der Waals surface area contributed by atoms with Gasteiger partial charge >= 0.3 is 0 Å². The molecule has 2 N–H and O–H groups in total. The Labute approximate surface area is 185 Å². The molecule has 0 saturated heterocycles. The van der Waals surface area contributed by atoms with E-state index in [-0.39, 0.29) is 11.9 Å². The maximum absolute atomic E-state index is 11.5. The van der Waals surface area contributed by atoms with Gasteiger partial charge in [0.15, 0.2) is 23.0 Å². The Balaban J connectivity index is 2.47. The Morgan fingerprint density at radius 1 is 0.871 bits per heavy atom. The molecule has 0 aromatic heterocycles. The first-order valence-corrected chi connectivity index (χ1v) is 10.4. The van der Waals surface area contributed by atoms with Crippen molar-refractivity contribution < 1.29 is 23.7 Å². The molecule has 170 valence electrons. The van der Waals surface area contributed by atoms with Crippen LogP contribution in [0.2, 0.25) is 0 Å². The Morgan fingerprint density at radius 2 is 1.45 bits per heavy atom. The number of hydrogen-bond donors (Lipinski definition) is 1. The van der Waals surface area contributed by atoms with E-state index in [1.807, 2.05) is 36.4 Å². The Bertz CT molecular complexity index is 856. The highest BCUT2D eigenvalue weighted by Gasteiger charge is 2.23. The van der Waals surface area contributed by atoms with E-state index < -0.39 is 0 Å². The third kappa shape index (κ3) is 6.52. The Kier molecular flexibility index (Phi) is 9.46. The van der Waals surface area contributed by atoms with Gasteiger partial charge in [-0.05, 0) is 54.8 Å². The van der Waals surface area contributed by atoms with Crippen molar-refractivity contribution in [3.63, 3.8) is 0 Å². The van der Waals surface area contributed by atoms with Gasteiger partial charge in [0.2, 0.25) is 5.91 Å². The summed E-state index contributed by atoms with van der Waals surface area (Å²) in [6.45, 7) is 3.54. The van der Waals surface area contributed by atoms with Gasteiger partial charge in [0, 0.05) is 19.0 Å². The highest BCUT2D eigenvalue weighted by atomic mass is 16.5. The zero-order valence-corrected chi connectivity index (χ0v) is 19.1. The van der Waals surface area contributed by atoms with Crippen LogP contribution in [-0.2, 0) is 11.2 Å². The van der Waals surface area contributed by atoms with E-state index in [0.29, 0.717) is 42.4 Å². The molecule has 0 radical (unpaired) electrons. The predicted molar refractivity (Wildman–Crippen MR) is 121 cm³/mol. The minimum absolute atomic E-state index is 0.0113. The van der Waals surface area contributed by atoms with Gasteiger partial charge in [-0.15, -0.1) is 0 Å². The fraction of sp³-hybridized carbons (Fsp3) is 0.458. The van der Waals surface area contributed by atoms with E-state index in [0.717, 1.165) is 24.1 Å². The summed E-state index contributed by atoms with van der Waals surface area (Å²) in [5.41, 5.74) is 7.62. The van der Waals surface area contributed by atoms with Gasteiger partial charge in [0.05, 0.1) is 28.4 Å². The van der Waals surface area contributed by atoms with E-state index in [9.17, 15) is 4.79 Å². The molecule has 7 nitrogen and oxygen atoms in total. The molecule has 0 heterocycles. The van der Waals surface area contributed by atoms with Crippen LogP contribution in [0.15, 0.2) is 36.4 Å². The number of carbonyl (C=O) groups excluding carboxylic acids is 1. The smallest absolute Gasteiger partial charge is 0.218 e. The lowest BCUT2D eigenvalue weighted by Crippen LogP contribution is -2.34. The van der Waals surface area contributed by atoms with Crippen molar-refractivity contribution >= 4 is 5.91 Å². The average Bonchev–Trinajstić information content (AvgIpc) is 2.79. The molecular weight excluding hydrogens is 396 g/mol. The van der Waals surface area contributed by atoms with Crippen LogP contribution in [0.3, 0.4) is 0 Å². The zero-order chi connectivity index (χ0) is 22.8. The first-order chi connectivity index (χ1) is 15.0. The van der Waals surface area contributed by atoms with Gasteiger partial charge in [-0.2, -0.15) is 0 Å². The number of nitrogens with zero attached hydrogens (tertiary/aromatic N) is 1. The summed E-state index contributed by atoms with van der Waals surface area (Å²) in [5, 5.41) is 0. The second-order valence-corrected chi connectivity index (χ2v) is 7.28. The van der Waals surface area contributed by atoms with Crippen LogP contribution in [0.5, 0.6) is 23.0 Å². The molecule has 7 heteroatoms. The quantitative estimate of drug-likeness (QED) is 0.523. The maximum Gasteiger partial charge on any atom is 0.218 e. The van der Waals surface area contributed by atoms with Crippen LogP contribution in [0.1, 0.15) is 36.9 Å². The molecule has 0 spiro atoms. The van der Waals surface area contributed by atoms with Gasteiger partial charge in [-0.25, -0.2) is 0 Å². The summed E-state index contributed by atoms with van der Waals surface area (Å²) in [6.07, 6.45) is 1.97. The molecule has 1 atom stereocenters. The lowest BCUT2D eigenvalue weighted by atomic mass is 9.96. The van der Waals surface area contributed by atoms with Crippen LogP contribution >= 0.6 is 0 Å². The number of nitrogens with two attached hydrogens (primary N) is 1. The molecular formula is C24H34N2O5. The first-order valence-electron chi connectivity index (χ1n) is 10.4. The number of amides is 1. The van der Waals surface area contributed by atoms with Gasteiger partial charge in [0.25, 0.3) is 0 Å². The van der Waals surface area contributed by atoms with Gasteiger partial charge in [-0.3, -0.25) is 9.69 Å². The third-order valence-corrected chi connectivity index (χ3v) is 5.27. The summed E-state index contributed by atoms with van der Waals surface area (Å²) in [7, 11) is 6.50. The monoisotopic (exact) mass is 430 g/mol. The topological polar surface area (TPSA) is 83.3 Å². The fourth-order valence-corrected chi connectivity index (χ4v) is 3.71. The molecule has 0 bridgehead atoms. The minimum atomic E-state index is -0.307. The fourth-order valence-electron chi connectivity index (χ4n) is 3.71. The van der Waals surface area contributed by atoms with E-state index in [1.54, 1.807) is 28.4 Å². The lowest BCUT2D eigenvalue weighted by molar-refractivity contribution is -0.118. The van der Waals surface area contributed by atoms with Crippen molar-refractivity contribution in [2.75, 3.05) is 41.5 Å². The molecule has 0 aliphatic rings. The lowest BCUT2D eigenvalue weighted by Gasteiger charge is -2.32. The summed E-state index contributed by atoms with van der Waals surface area (Å²) >= 11 is 0. The van der Waals surface area contributed by atoms with E-state index in [4.69, 9.17) is 24.7 Å². The second-order valence-electron chi connectivity index (χ2n) is 7.28. The number of carbonyl (C=O) groups is 1. The standard InChI is InChI=1S/C24H34N2O5/c1-6-12-26(13-11-24(25)27)19(18-8-10-21(29-3)23(16-18)31-5)14-17-7-9-20(28-2)22(15-17)30-4/h7-10,15-16,19H,6,11-14H2,1-5H3,(H2,25,27)/t19-/m1/s1. The van der Waals surface area contributed by atoms with E-state index >= 15 is 0 Å². The van der Waals surface area contributed by atoms with Crippen molar-refractivity contribution in [3.8, 4) is 23.0 Å². The maximum atomic E-state index is 11.5. The molecule has 0 aliphatic carbocycles. The number of methoxy groups -OCH3 is 4. The van der Waals surface area contributed by atoms with Crippen LogP contribution in [0.25, 0.3) is 0 Å². The van der Waals surface area contributed by atoms with Crippen molar-refractivity contribution in [1.82, 2.24) is 4.90 Å². The first kappa shape index (κ1) is 24.3. The van der Waals surface area contributed by atoms with Gasteiger partial charge < -0.3 is 24.7 Å². The molecule has 0 saturated carbocycles. The van der Waals surface area contributed by atoms with Crippen LogP contribution in [-0.4, -0.2) is 52.3 Å². The summed E-state index contributed by atoms with van der Waals surface area (Å²) in [5.74, 6) is 2.41. The molecule has 0 fully saturated rings. The number of ether oxygens (including phenoxy) is 4. The normalized spacial score (nSPS) is 11.8. The summed E-state index contributed by atoms with van der Waals surface area (Å²) in [6, 6.07) is 11.9. The van der Waals surface area contributed by atoms with E-state index in [1.165, 1.54) is 0 Å². The molecule has 0 aliphatic heterocycles. The number of rotatable bonds is 13. The molecule has 1 amide bonds. The second kappa shape index (κ2) is 12.1. The molecule has 2 aromatic carbocycles. The van der Waals surface area contributed by atoms with E-state index in [2.05, 4.69) is 11.8 Å². The summed E-state index contributed by atoms with van der Waals surface area (Å²) < 4.78 is 21.8. The molecule has 2 aromatic rings. The van der Waals surface area contributed by atoms with Crippen molar-refractivity contribution in [2.45, 2.75) is 32.2 Å². The zero-order valence-electron chi connectivity index (χ0n) is 19.1. The number of benzene rings is 2. The third-order valence-electron chi connectivity index (χ3n) is 5.27. The Morgan fingerprint density at radius 3 is 2.00 bits per heavy atom. The largest absolute Gasteiger partial charge is 0.493 e. The van der Waals surface area contributed by atoms with Crippen LogP contribution in [0, 0.1) is 0 Å². The van der Waals surface area contributed by atoms with Crippen molar-refractivity contribution in [3.05, 3.63) is 47.5 Å². The van der Waals surface area contributed by atoms with Crippen molar-refractivity contribution in [1.29, 1.82) is 0 Å². The Hall–Kier alpha value is -2.93. The van der Waals surface area contributed by atoms with Crippen molar-refractivity contribution in [2.24, 2.45) is 5.73 Å². The number of primary amides is 1. The highest BCUT2D eigenvalue weighted by Crippen LogP contribution is 2.35. The SMILES string of the molecule is CCCN(CCC(N)=O)[C@H](Cc1ccc(OC)c(OC)c1)c1ccc(OC)c(OC)c1. The van der Waals surface area contributed by atoms with Crippen LogP contribution in [0.4, 0.5) is 0 Å².